The molecular weight excluding hydrogens is 347 g/mol. The van der Waals surface area contributed by atoms with E-state index in [1.807, 2.05) is 0 Å². The van der Waals surface area contributed by atoms with Gasteiger partial charge >= 0.3 is 0 Å². The summed E-state index contributed by atoms with van der Waals surface area (Å²) in [6.07, 6.45) is 0. The quantitative estimate of drug-likeness (QED) is 0.737. The number of carbonyl (C=O) groups is 1. The maximum Gasteiger partial charge on any atom is 0.255 e. The molecule has 8 heteroatoms. The zero-order valence-electron chi connectivity index (χ0n) is 13.9. The van der Waals surface area contributed by atoms with Crippen molar-refractivity contribution in [2.75, 3.05) is 25.6 Å². The van der Waals surface area contributed by atoms with Crippen molar-refractivity contribution in [2.24, 2.45) is 0 Å². The minimum absolute atomic E-state index is 0.0153. The van der Waals surface area contributed by atoms with E-state index in [9.17, 15) is 17.6 Å². The van der Waals surface area contributed by atoms with Crippen molar-refractivity contribution in [3.05, 3.63) is 59.4 Å². The topological polar surface area (TPSA) is 84.5 Å². The number of methoxy groups -OCH3 is 1. The van der Waals surface area contributed by atoms with Crippen molar-refractivity contribution in [1.82, 2.24) is 4.72 Å². The molecule has 0 aliphatic carbocycles. The molecular formula is C17H19FN2O4S. The lowest BCUT2D eigenvalue weighted by Crippen LogP contribution is -2.27. The van der Waals surface area contributed by atoms with Crippen LogP contribution in [0.4, 0.5) is 10.1 Å². The van der Waals surface area contributed by atoms with Crippen molar-refractivity contribution >= 4 is 21.6 Å². The van der Waals surface area contributed by atoms with Gasteiger partial charge in [0.25, 0.3) is 5.91 Å². The van der Waals surface area contributed by atoms with Gasteiger partial charge in [-0.05, 0) is 48.9 Å². The molecule has 0 saturated carbocycles. The van der Waals surface area contributed by atoms with E-state index in [4.69, 9.17) is 4.74 Å². The molecule has 25 heavy (non-hydrogen) atoms. The number of amides is 1. The molecule has 1 amide bonds. The van der Waals surface area contributed by atoms with Crippen LogP contribution >= 0.6 is 0 Å². The van der Waals surface area contributed by atoms with Crippen molar-refractivity contribution in [3.63, 3.8) is 0 Å². The summed E-state index contributed by atoms with van der Waals surface area (Å²) in [6, 6.07) is 9.60. The van der Waals surface area contributed by atoms with Crippen LogP contribution in [0.2, 0.25) is 0 Å². The maximum absolute atomic E-state index is 12.9. The number of benzene rings is 2. The van der Waals surface area contributed by atoms with Gasteiger partial charge in [-0.2, -0.15) is 0 Å². The van der Waals surface area contributed by atoms with E-state index in [1.165, 1.54) is 43.5 Å². The van der Waals surface area contributed by atoms with Crippen molar-refractivity contribution in [2.45, 2.75) is 11.8 Å². The second kappa shape index (κ2) is 8.19. The summed E-state index contributed by atoms with van der Waals surface area (Å²) in [5, 5.41) is 2.62. The van der Waals surface area contributed by atoms with Crippen LogP contribution in [0.15, 0.2) is 47.4 Å². The van der Waals surface area contributed by atoms with Crippen LogP contribution in [0.5, 0.6) is 0 Å². The lowest BCUT2D eigenvalue weighted by molar-refractivity contribution is 0.102. The Morgan fingerprint density at radius 2 is 1.84 bits per heavy atom. The first kappa shape index (κ1) is 19.0. The number of aryl methyl sites for hydroxylation is 1. The van der Waals surface area contributed by atoms with Gasteiger partial charge in [-0.15, -0.1) is 0 Å². The van der Waals surface area contributed by atoms with Crippen molar-refractivity contribution in [3.8, 4) is 0 Å². The molecule has 0 saturated heterocycles. The zero-order chi connectivity index (χ0) is 18.4. The SMILES string of the molecule is COCCNS(=O)(=O)c1ccc(C)c(C(=O)Nc2ccc(F)cc2)c1. The normalized spacial score (nSPS) is 11.3. The Labute approximate surface area is 146 Å². The molecule has 2 aromatic rings. The van der Waals surface area contributed by atoms with E-state index in [1.54, 1.807) is 13.0 Å². The smallest absolute Gasteiger partial charge is 0.255 e. The minimum Gasteiger partial charge on any atom is -0.383 e. The predicted octanol–water partition coefficient (Wildman–Crippen LogP) is 2.31. The Balaban J connectivity index is 2.23. The molecule has 0 aromatic heterocycles. The third-order valence-electron chi connectivity index (χ3n) is 3.46. The second-order valence-corrected chi connectivity index (χ2v) is 7.10. The van der Waals surface area contributed by atoms with Gasteiger partial charge in [0.15, 0.2) is 0 Å². The number of nitrogens with one attached hydrogen (secondary N) is 2. The fourth-order valence-corrected chi connectivity index (χ4v) is 3.14. The van der Waals surface area contributed by atoms with Crippen LogP contribution < -0.4 is 10.0 Å². The summed E-state index contributed by atoms with van der Waals surface area (Å²) in [5.41, 5.74) is 1.26. The molecule has 0 heterocycles. The van der Waals surface area contributed by atoms with Crippen molar-refractivity contribution in [1.29, 1.82) is 0 Å². The summed E-state index contributed by atoms with van der Waals surface area (Å²) in [7, 11) is -2.27. The van der Waals surface area contributed by atoms with E-state index in [0.29, 0.717) is 11.3 Å². The number of hydrogen-bond donors (Lipinski definition) is 2. The summed E-state index contributed by atoms with van der Waals surface area (Å²) >= 11 is 0. The lowest BCUT2D eigenvalue weighted by Gasteiger charge is -2.11. The van der Waals surface area contributed by atoms with Gasteiger partial charge < -0.3 is 10.1 Å². The molecule has 2 aromatic carbocycles. The molecule has 0 fully saturated rings. The molecule has 0 aliphatic heterocycles. The third-order valence-corrected chi connectivity index (χ3v) is 4.92. The van der Waals surface area contributed by atoms with Crippen LogP contribution in [0.25, 0.3) is 0 Å². The molecule has 0 unspecified atom stereocenters. The van der Waals surface area contributed by atoms with Crippen LogP contribution in [-0.2, 0) is 14.8 Å². The van der Waals surface area contributed by atoms with Crippen LogP contribution in [0, 0.1) is 12.7 Å². The van der Waals surface area contributed by atoms with Gasteiger partial charge in [0, 0.05) is 24.9 Å². The van der Waals surface area contributed by atoms with Gasteiger partial charge in [0.05, 0.1) is 11.5 Å². The van der Waals surface area contributed by atoms with Crippen LogP contribution in [0.3, 0.4) is 0 Å². The first-order valence-electron chi connectivity index (χ1n) is 7.49. The van der Waals surface area contributed by atoms with E-state index < -0.39 is 21.7 Å². The summed E-state index contributed by atoms with van der Waals surface area (Å²) < 4.78 is 44.6. The Bertz CT molecular complexity index is 851. The molecule has 2 N–H and O–H groups in total. The van der Waals surface area contributed by atoms with Gasteiger partial charge in [-0.3, -0.25) is 4.79 Å². The predicted molar refractivity (Wildman–Crippen MR) is 92.6 cm³/mol. The number of hydrogen-bond acceptors (Lipinski definition) is 4. The number of halogens is 1. The maximum atomic E-state index is 12.9. The molecule has 0 radical (unpaired) electrons. The van der Waals surface area contributed by atoms with Crippen molar-refractivity contribution < 1.29 is 22.3 Å². The van der Waals surface area contributed by atoms with E-state index >= 15 is 0 Å². The lowest BCUT2D eigenvalue weighted by atomic mass is 10.1. The number of rotatable bonds is 7. The Hall–Kier alpha value is -2.29. The standard InChI is InChI=1S/C17H19FN2O4S/c1-12-3-8-15(25(22,23)19-9-10-24-2)11-16(12)17(21)20-14-6-4-13(18)5-7-14/h3-8,11,19H,9-10H2,1-2H3,(H,20,21). The minimum atomic E-state index is -3.74. The summed E-state index contributed by atoms with van der Waals surface area (Å²) in [5.74, 6) is -0.887. The van der Waals surface area contributed by atoms with Gasteiger partial charge in [-0.1, -0.05) is 6.07 Å². The molecule has 0 bridgehead atoms. The average Bonchev–Trinajstić information content (AvgIpc) is 2.57. The number of anilines is 1. The van der Waals surface area contributed by atoms with Gasteiger partial charge in [0.2, 0.25) is 10.0 Å². The molecule has 134 valence electrons. The Morgan fingerprint density at radius 1 is 1.16 bits per heavy atom. The highest BCUT2D eigenvalue weighted by molar-refractivity contribution is 7.89. The number of carbonyl (C=O) groups excluding carboxylic acids is 1. The van der Waals surface area contributed by atoms with Crippen LogP contribution in [0.1, 0.15) is 15.9 Å². The monoisotopic (exact) mass is 366 g/mol. The molecule has 6 nitrogen and oxygen atoms in total. The highest BCUT2D eigenvalue weighted by Crippen LogP contribution is 2.18. The molecule has 0 atom stereocenters. The molecule has 0 aliphatic rings. The van der Waals surface area contributed by atoms with Gasteiger partial charge in [-0.25, -0.2) is 17.5 Å². The Morgan fingerprint density at radius 3 is 2.48 bits per heavy atom. The molecule has 0 spiro atoms. The first-order valence-corrected chi connectivity index (χ1v) is 8.98. The van der Waals surface area contributed by atoms with E-state index in [2.05, 4.69) is 10.0 Å². The largest absolute Gasteiger partial charge is 0.383 e. The second-order valence-electron chi connectivity index (χ2n) is 5.33. The molecule has 2 rings (SSSR count). The zero-order valence-corrected chi connectivity index (χ0v) is 14.7. The number of ether oxygens (including phenoxy) is 1. The summed E-state index contributed by atoms with van der Waals surface area (Å²) in [6.45, 7) is 2.07. The average molecular weight is 366 g/mol. The Kier molecular flexibility index (Phi) is 6.24. The third kappa shape index (κ3) is 5.09. The van der Waals surface area contributed by atoms with E-state index in [-0.39, 0.29) is 23.6 Å². The fourth-order valence-electron chi connectivity index (χ4n) is 2.11. The first-order chi connectivity index (χ1) is 11.8. The highest BCUT2D eigenvalue weighted by atomic mass is 32.2. The summed E-state index contributed by atoms with van der Waals surface area (Å²) in [4.78, 5) is 12.4. The highest BCUT2D eigenvalue weighted by Gasteiger charge is 2.18. The van der Waals surface area contributed by atoms with Gasteiger partial charge in [0.1, 0.15) is 5.82 Å². The van der Waals surface area contributed by atoms with Crippen LogP contribution in [-0.4, -0.2) is 34.6 Å². The number of sulfonamides is 1. The fraction of sp³-hybridized carbons (Fsp3) is 0.235. The van der Waals surface area contributed by atoms with E-state index in [0.717, 1.165) is 0 Å².